The molecule has 1 saturated carbocycles. The predicted octanol–water partition coefficient (Wildman–Crippen LogP) is 5.89. The Labute approximate surface area is 169 Å². The zero-order chi connectivity index (χ0) is 19.8. The van der Waals surface area contributed by atoms with Crippen molar-refractivity contribution in [3.8, 4) is 11.3 Å². The molecule has 0 spiro atoms. The van der Waals surface area contributed by atoms with E-state index in [-0.39, 0.29) is 0 Å². The van der Waals surface area contributed by atoms with Crippen LogP contribution >= 0.6 is 0 Å². The van der Waals surface area contributed by atoms with Crippen molar-refractivity contribution in [1.29, 1.82) is 0 Å². The monoisotopic (exact) mass is 426 g/mol. The van der Waals surface area contributed by atoms with E-state index >= 15 is 0 Å². The molecule has 0 saturated heterocycles. The average molecular weight is 425 g/mol. The Balaban J connectivity index is 2.14. The Hall–Kier alpha value is -1.09. The molecular weight excluding hydrogens is 387 g/mol. The molecule has 1 aliphatic carbocycles. The van der Waals surface area contributed by atoms with Gasteiger partial charge in [0.25, 0.3) is 0 Å². The van der Waals surface area contributed by atoms with Gasteiger partial charge in [-0.2, -0.15) is 0 Å². The number of nitrogens with zero attached hydrogens (tertiary/aromatic N) is 1. The maximum absolute atomic E-state index is 2.58. The summed E-state index contributed by atoms with van der Waals surface area (Å²) < 4.78 is 4.13. The average Bonchev–Trinajstić information content (AvgIpc) is 3.09. The van der Waals surface area contributed by atoms with E-state index in [1.165, 1.54) is 48.1 Å². The fourth-order valence-electron chi connectivity index (χ4n) is 4.69. The molecule has 0 radical (unpaired) electrons. The van der Waals surface area contributed by atoms with E-state index in [0.717, 1.165) is 12.3 Å². The van der Waals surface area contributed by atoms with Crippen LogP contribution in [0.1, 0.15) is 62.1 Å². The van der Waals surface area contributed by atoms with Gasteiger partial charge in [-0.05, 0) is 0 Å². The van der Waals surface area contributed by atoms with Crippen molar-refractivity contribution in [2.24, 2.45) is 13.0 Å². The van der Waals surface area contributed by atoms with Gasteiger partial charge in [0.2, 0.25) is 0 Å². The fraction of sp³-hybridized carbons (Fsp3) is 0.560. The molecule has 1 aromatic heterocycles. The first kappa shape index (κ1) is 20.6. The zero-order valence-corrected chi connectivity index (χ0v) is 20.6. The molecule has 1 nitrogen and oxygen atoms in total. The quantitative estimate of drug-likeness (QED) is 0.416. The first-order valence-corrected chi connectivity index (χ1v) is 18.1. The summed E-state index contributed by atoms with van der Waals surface area (Å²) in [6.07, 6.45) is 9.22. The number of hydrogen-bond donors (Lipinski definition) is 0. The summed E-state index contributed by atoms with van der Waals surface area (Å²) in [5, 5.41) is 0. The molecule has 1 fully saturated rings. The minimum absolute atomic E-state index is 0.694. The predicted molar refractivity (Wildman–Crippen MR) is 121 cm³/mol. The van der Waals surface area contributed by atoms with E-state index < -0.39 is 13.3 Å². The summed E-state index contributed by atoms with van der Waals surface area (Å²) in [6.45, 7) is 6.87. The van der Waals surface area contributed by atoms with Crippen molar-refractivity contribution in [3.05, 3.63) is 47.2 Å². The second kappa shape index (κ2) is 8.11. The third-order valence-electron chi connectivity index (χ3n) is 6.13. The Bertz CT molecular complexity index is 808. The van der Waals surface area contributed by atoms with Gasteiger partial charge in [-0.3, -0.25) is 0 Å². The molecule has 1 heterocycles. The SMILES string of the molecule is Cc1ccc(CC(C)C)cc1-c1c[c]([Ge]([CH3])([CH3])[CH3])c(C2CCCC2)c[n+]1C. The van der Waals surface area contributed by atoms with Crippen LogP contribution in [0.25, 0.3) is 11.3 Å². The van der Waals surface area contributed by atoms with Crippen LogP contribution in [0.4, 0.5) is 0 Å². The van der Waals surface area contributed by atoms with E-state index in [1.807, 2.05) is 0 Å². The summed E-state index contributed by atoms with van der Waals surface area (Å²) in [6, 6.07) is 9.65. The molecule has 0 amide bonds. The molecule has 0 aliphatic heterocycles. The number of hydrogen-bond acceptors (Lipinski definition) is 0. The van der Waals surface area contributed by atoms with Gasteiger partial charge >= 0.3 is 170 Å². The third kappa shape index (κ3) is 4.67. The van der Waals surface area contributed by atoms with Crippen LogP contribution in [0.5, 0.6) is 0 Å². The zero-order valence-electron chi connectivity index (χ0n) is 18.5. The molecule has 0 atom stereocenters. The van der Waals surface area contributed by atoms with Gasteiger partial charge in [0.15, 0.2) is 0 Å². The van der Waals surface area contributed by atoms with Crippen LogP contribution in [0, 0.1) is 12.8 Å². The topological polar surface area (TPSA) is 3.88 Å². The molecule has 0 bridgehead atoms. The summed E-state index contributed by atoms with van der Waals surface area (Å²) in [4.78, 5) is 0. The maximum atomic E-state index is 2.58. The van der Waals surface area contributed by atoms with Crippen LogP contribution in [-0.4, -0.2) is 13.3 Å². The number of aromatic nitrogens is 1. The van der Waals surface area contributed by atoms with Crippen LogP contribution in [0.15, 0.2) is 30.5 Å². The summed E-state index contributed by atoms with van der Waals surface area (Å²) in [7, 11) is 2.25. The van der Waals surface area contributed by atoms with Crippen molar-refractivity contribution >= 4 is 17.7 Å². The third-order valence-corrected chi connectivity index (χ3v) is 10.4. The molecule has 2 aromatic rings. The molecule has 1 aliphatic rings. The molecule has 2 heteroatoms. The van der Waals surface area contributed by atoms with Crippen molar-refractivity contribution in [1.82, 2.24) is 0 Å². The van der Waals surface area contributed by atoms with Gasteiger partial charge < -0.3 is 0 Å². The van der Waals surface area contributed by atoms with Crippen molar-refractivity contribution < 1.29 is 4.57 Å². The van der Waals surface area contributed by atoms with Crippen molar-refractivity contribution in [2.75, 3.05) is 0 Å². The first-order valence-electron chi connectivity index (χ1n) is 10.8. The number of rotatable bonds is 5. The first-order chi connectivity index (χ1) is 12.7. The number of aryl methyl sites for hydroxylation is 2. The molecule has 27 heavy (non-hydrogen) atoms. The second-order valence-corrected chi connectivity index (χ2v) is 20.7. The summed E-state index contributed by atoms with van der Waals surface area (Å²) >= 11 is -1.95. The van der Waals surface area contributed by atoms with Crippen LogP contribution in [-0.2, 0) is 13.5 Å². The minimum atomic E-state index is -1.95. The van der Waals surface area contributed by atoms with E-state index in [2.05, 4.69) is 80.1 Å². The second-order valence-electron chi connectivity index (χ2n) is 10.1. The fourth-order valence-corrected chi connectivity index (χ4v) is 8.27. The van der Waals surface area contributed by atoms with Gasteiger partial charge in [-0.1, -0.05) is 0 Å². The van der Waals surface area contributed by atoms with Crippen LogP contribution in [0.2, 0.25) is 17.3 Å². The normalized spacial score (nSPS) is 15.7. The molecular formula is C25H38GeN+. The van der Waals surface area contributed by atoms with Crippen LogP contribution in [0.3, 0.4) is 0 Å². The van der Waals surface area contributed by atoms with E-state index in [1.54, 1.807) is 9.96 Å². The molecule has 0 N–H and O–H groups in total. The van der Waals surface area contributed by atoms with E-state index in [0.29, 0.717) is 5.92 Å². The Kier molecular flexibility index (Phi) is 6.20. The van der Waals surface area contributed by atoms with Gasteiger partial charge in [0.05, 0.1) is 0 Å². The molecule has 146 valence electrons. The summed E-state index contributed by atoms with van der Waals surface area (Å²) in [5.41, 5.74) is 7.34. The van der Waals surface area contributed by atoms with Gasteiger partial charge in [0.1, 0.15) is 0 Å². The standard InChI is InChI=1S/C25H38GeN/c1-18(2)14-20-13-12-19(3)22(15-20)25-16-24(26(4,5)6)23(17-27(25)7)21-10-8-9-11-21/h12-13,15-18,21H,8-11,14H2,1-7H3/q+1. The van der Waals surface area contributed by atoms with Gasteiger partial charge in [-0.25, -0.2) is 0 Å². The Morgan fingerprint density at radius 2 is 1.74 bits per heavy atom. The molecule has 0 unspecified atom stereocenters. The van der Waals surface area contributed by atoms with Crippen molar-refractivity contribution in [2.45, 2.75) is 76.1 Å². The Morgan fingerprint density at radius 3 is 2.33 bits per heavy atom. The summed E-state index contributed by atoms with van der Waals surface area (Å²) in [5.74, 6) is 9.15. The van der Waals surface area contributed by atoms with Crippen molar-refractivity contribution in [3.63, 3.8) is 0 Å². The number of benzene rings is 1. The molecule has 1 aromatic carbocycles. The van der Waals surface area contributed by atoms with Gasteiger partial charge in [0, 0.05) is 0 Å². The Morgan fingerprint density at radius 1 is 1.07 bits per heavy atom. The van der Waals surface area contributed by atoms with Gasteiger partial charge in [-0.15, -0.1) is 0 Å². The van der Waals surface area contributed by atoms with Crippen LogP contribution < -0.4 is 8.96 Å². The molecule has 3 rings (SSSR count). The number of pyridine rings is 1. The van der Waals surface area contributed by atoms with E-state index in [9.17, 15) is 0 Å². The van der Waals surface area contributed by atoms with E-state index in [4.69, 9.17) is 0 Å².